The van der Waals surface area contributed by atoms with Crippen LogP contribution in [0.4, 0.5) is 11.4 Å². The number of hydrogen-bond donors (Lipinski definition) is 3. The Morgan fingerprint density at radius 1 is 1.17 bits per heavy atom. The molecule has 1 aromatic carbocycles. The van der Waals surface area contributed by atoms with Crippen LogP contribution >= 0.6 is 11.3 Å². The third-order valence-corrected chi connectivity index (χ3v) is 7.22. The maximum atomic E-state index is 12.7. The van der Waals surface area contributed by atoms with Crippen molar-refractivity contribution in [1.29, 1.82) is 0 Å². The van der Waals surface area contributed by atoms with E-state index in [9.17, 15) is 18.0 Å². The second-order valence-corrected chi connectivity index (χ2v) is 9.47. The van der Waals surface area contributed by atoms with Crippen LogP contribution < -0.4 is 15.8 Å². The molecule has 1 aliphatic rings. The molecule has 150 valence electrons. The van der Waals surface area contributed by atoms with Crippen LogP contribution in [0.3, 0.4) is 0 Å². The van der Waals surface area contributed by atoms with Crippen molar-refractivity contribution >= 4 is 54.8 Å². The van der Waals surface area contributed by atoms with Gasteiger partial charge in [0.1, 0.15) is 9.71 Å². The summed E-state index contributed by atoms with van der Waals surface area (Å²) in [5, 5.41) is 3.51. The zero-order valence-electron chi connectivity index (χ0n) is 15.5. The molecule has 1 aliphatic carbocycles. The summed E-state index contributed by atoms with van der Waals surface area (Å²) in [6, 6.07) is 7.53. The minimum Gasteiger partial charge on any atom is -0.397 e. The van der Waals surface area contributed by atoms with E-state index >= 15 is 0 Å². The first-order valence-corrected chi connectivity index (χ1v) is 11.2. The summed E-state index contributed by atoms with van der Waals surface area (Å²) in [5.41, 5.74) is 9.27. The normalized spacial score (nSPS) is 13.3. The van der Waals surface area contributed by atoms with Crippen molar-refractivity contribution in [2.24, 2.45) is 0 Å². The van der Waals surface area contributed by atoms with Gasteiger partial charge < -0.3 is 11.1 Å². The van der Waals surface area contributed by atoms with E-state index in [2.05, 4.69) is 10.3 Å². The Bertz CT molecular complexity index is 1250. The molecule has 0 radical (unpaired) electrons. The Morgan fingerprint density at radius 3 is 2.59 bits per heavy atom. The van der Waals surface area contributed by atoms with E-state index in [1.807, 2.05) is 10.8 Å². The molecule has 0 atom stereocenters. The van der Waals surface area contributed by atoms with E-state index in [-0.39, 0.29) is 10.8 Å². The molecule has 0 bridgehead atoms. The van der Waals surface area contributed by atoms with Gasteiger partial charge in [0.2, 0.25) is 5.91 Å². The lowest BCUT2D eigenvalue weighted by molar-refractivity contribution is -0.117. The van der Waals surface area contributed by atoms with E-state index in [1.165, 1.54) is 41.2 Å². The number of nitrogens with one attached hydrogen (secondary N) is 2. The second kappa shape index (κ2) is 7.12. The smallest absolute Gasteiger partial charge is 0.267 e. The van der Waals surface area contributed by atoms with Crippen LogP contribution in [-0.4, -0.2) is 25.2 Å². The molecule has 4 rings (SSSR count). The van der Waals surface area contributed by atoms with Crippen molar-refractivity contribution in [1.82, 2.24) is 9.71 Å². The van der Waals surface area contributed by atoms with E-state index in [1.54, 1.807) is 0 Å². The first-order valence-electron chi connectivity index (χ1n) is 8.90. The zero-order valence-corrected chi connectivity index (χ0v) is 17.1. The summed E-state index contributed by atoms with van der Waals surface area (Å²) >= 11 is 1.24. The fraction of sp³-hybridized carbons (Fsp3) is 0.211. The Balaban J connectivity index is 1.57. The monoisotopic (exact) mass is 430 g/mol. The largest absolute Gasteiger partial charge is 0.397 e. The SMILES string of the molecule is CC(=O)NS(=O)(=O)c1ccc(NC(=O)c2sc3nc4c(cc3c2N)CCC4)cc1. The summed E-state index contributed by atoms with van der Waals surface area (Å²) in [5.74, 6) is -1.06. The van der Waals surface area contributed by atoms with Crippen LogP contribution in [0.1, 0.15) is 34.3 Å². The number of sulfonamides is 1. The van der Waals surface area contributed by atoms with Crippen molar-refractivity contribution in [3.63, 3.8) is 0 Å². The molecule has 10 heteroatoms. The van der Waals surface area contributed by atoms with Crippen LogP contribution in [0.15, 0.2) is 35.2 Å². The Kier molecular flexibility index (Phi) is 4.75. The highest BCUT2D eigenvalue weighted by Crippen LogP contribution is 2.36. The maximum absolute atomic E-state index is 12.7. The molecule has 3 aromatic rings. The second-order valence-electron chi connectivity index (χ2n) is 6.79. The number of aryl methyl sites for hydroxylation is 2. The first-order chi connectivity index (χ1) is 13.7. The van der Waals surface area contributed by atoms with Crippen molar-refractivity contribution in [3.8, 4) is 0 Å². The molecule has 2 aromatic heterocycles. The van der Waals surface area contributed by atoms with Gasteiger partial charge >= 0.3 is 0 Å². The van der Waals surface area contributed by atoms with Crippen molar-refractivity contribution in [2.75, 3.05) is 11.1 Å². The fourth-order valence-electron chi connectivity index (χ4n) is 3.32. The van der Waals surface area contributed by atoms with E-state index in [0.29, 0.717) is 16.3 Å². The van der Waals surface area contributed by atoms with Crippen LogP contribution in [0.5, 0.6) is 0 Å². The zero-order chi connectivity index (χ0) is 20.8. The van der Waals surface area contributed by atoms with Gasteiger partial charge in [-0.3, -0.25) is 9.59 Å². The fourth-order valence-corrected chi connectivity index (χ4v) is 5.30. The molecule has 4 N–H and O–H groups in total. The van der Waals surface area contributed by atoms with Crippen molar-refractivity contribution in [2.45, 2.75) is 31.1 Å². The average Bonchev–Trinajstić information content (AvgIpc) is 3.23. The highest BCUT2D eigenvalue weighted by atomic mass is 32.2. The van der Waals surface area contributed by atoms with Gasteiger partial charge in [0.05, 0.1) is 10.6 Å². The van der Waals surface area contributed by atoms with Crippen LogP contribution in [0, 0.1) is 0 Å². The van der Waals surface area contributed by atoms with Gasteiger partial charge in [0.15, 0.2) is 0 Å². The lowest BCUT2D eigenvalue weighted by Crippen LogP contribution is -2.28. The Hall–Kier alpha value is -2.98. The third-order valence-electron chi connectivity index (χ3n) is 4.66. The summed E-state index contributed by atoms with van der Waals surface area (Å²) < 4.78 is 25.9. The summed E-state index contributed by atoms with van der Waals surface area (Å²) in [6.45, 7) is 1.12. The third kappa shape index (κ3) is 3.68. The molecule has 8 nitrogen and oxygen atoms in total. The molecule has 2 amide bonds. The first kappa shape index (κ1) is 19.3. The highest BCUT2D eigenvalue weighted by molar-refractivity contribution is 7.90. The van der Waals surface area contributed by atoms with Crippen molar-refractivity contribution < 1.29 is 18.0 Å². The van der Waals surface area contributed by atoms with Crippen molar-refractivity contribution in [3.05, 3.63) is 46.5 Å². The number of carbonyl (C=O) groups excluding carboxylic acids is 2. The van der Waals surface area contributed by atoms with E-state index in [0.717, 1.165) is 42.1 Å². The van der Waals surface area contributed by atoms with Gasteiger partial charge in [-0.05, 0) is 55.2 Å². The van der Waals surface area contributed by atoms with E-state index < -0.39 is 15.9 Å². The maximum Gasteiger partial charge on any atom is 0.267 e. The minimum atomic E-state index is -3.92. The van der Waals surface area contributed by atoms with Gasteiger partial charge in [-0.15, -0.1) is 11.3 Å². The molecular weight excluding hydrogens is 412 g/mol. The van der Waals surface area contributed by atoms with Crippen LogP contribution in [0.2, 0.25) is 0 Å². The summed E-state index contributed by atoms with van der Waals surface area (Å²) in [4.78, 5) is 29.4. The van der Waals surface area contributed by atoms with Gasteiger partial charge in [0.25, 0.3) is 15.9 Å². The standard InChI is InChI=1S/C19H18N4O4S2/c1-10(24)23-29(26,27)13-7-5-12(6-8-13)21-18(25)17-16(20)14-9-11-3-2-4-15(11)22-19(14)28-17/h5-9H,2-4,20H2,1H3,(H,21,25)(H,23,24). The number of hydrogen-bond acceptors (Lipinski definition) is 7. The van der Waals surface area contributed by atoms with Gasteiger partial charge in [-0.1, -0.05) is 0 Å². The predicted octanol–water partition coefficient (Wildman–Crippen LogP) is 2.44. The number of nitrogens with two attached hydrogens (primary N) is 1. The minimum absolute atomic E-state index is 0.0780. The predicted molar refractivity (Wildman–Crippen MR) is 111 cm³/mol. The number of pyridine rings is 1. The van der Waals surface area contributed by atoms with Crippen LogP contribution in [-0.2, 0) is 27.7 Å². The number of anilines is 2. The number of rotatable bonds is 4. The topological polar surface area (TPSA) is 131 Å². The molecule has 2 heterocycles. The quantitative estimate of drug-likeness (QED) is 0.583. The number of carbonyl (C=O) groups is 2. The number of thiophene rings is 1. The Morgan fingerprint density at radius 2 is 1.90 bits per heavy atom. The number of nitrogens with zero attached hydrogens (tertiary/aromatic N) is 1. The number of amides is 2. The molecule has 29 heavy (non-hydrogen) atoms. The van der Waals surface area contributed by atoms with Gasteiger partial charge in [-0.25, -0.2) is 18.1 Å². The van der Waals surface area contributed by atoms with Crippen LogP contribution in [0.25, 0.3) is 10.2 Å². The molecule has 0 aliphatic heterocycles. The van der Waals surface area contributed by atoms with Gasteiger partial charge in [0, 0.05) is 23.7 Å². The molecule has 0 saturated heterocycles. The molecule has 0 fully saturated rings. The average molecular weight is 431 g/mol. The van der Waals surface area contributed by atoms with E-state index in [4.69, 9.17) is 5.73 Å². The summed E-state index contributed by atoms with van der Waals surface area (Å²) in [6.07, 6.45) is 3.00. The number of fused-ring (bicyclic) bond motifs is 2. The van der Waals surface area contributed by atoms with Gasteiger partial charge in [-0.2, -0.15) is 0 Å². The number of nitrogen functional groups attached to an aromatic ring is 1. The lowest BCUT2D eigenvalue weighted by Gasteiger charge is -2.07. The number of benzene rings is 1. The molecular formula is C19H18N4O4S2. The molecule has 0 spiro atoms. The highest BCUT2D eigenvalue weighted by Gasteiger charge is 2.21. The molecule has 0 saturated carbocycles. The lowest BCUT2D eigenvalue weighted by atomic mass is 10.1. The summed E-state index contributed by atoms with van der Waals surface area (Å²) in [7, 11) is -3.92. The molecule has 0 unspecified atom stereocenters. The number of aromatic nitrogens is 1. The Labute approximate surface area is 171 Å².